The third-order valence-electron chi connectivity index (χ3n) is 7.21. The molecule has 0 bridgehead atoms. The van der Waals surface area contributed by atoms with Crippen LogP contribution in [-0.2, 0) is 26.2 Å². The number of fused-ring (bicyclic) bond motifs is 1. The third-order valence-corrected chi connectivity index (χ3v) is 7.50. The lowest BCUT2D eigenvalue weighted by Gasteiger charge is -2.17. The minimum Gasteiger partial charge on any atom is -0.497 e. The number of hydrogen-bond acceptors (Lipinski definition) is 9. The average molecular weight is 635 g/mol. The maximum Gasteiger partial charge on any atom is 0.261 e. The standard InChI is InChI=1S/C33H32ClFN4O6/c1-41-22-7-5-20(29(14-22)43-3)16-36-17-28-32-25(11-12-37-28)33(40)39(18-21-6-8-23(42-2)15-30(21)44-4)31(38-32)19-45-24-9-10-27(35)26(34)13-24/h5-15,36H,16-19H2,1-4H3. The first-order valence-corrected chi connectivity index (χ1v) is 14.3. The van der Waals surface area contributed by atoms with Crippen molar-refractivity contribution in [2.45, 2.75) is 26.2 Å². The highest BCUT2D eigenvalue weighted by atomic mass is 35.5. The van der Waals surface area contributed by atoms with Crippen LogP contribution < -0.4 is 34.6 Å². The zero-order chi connectivity index (χ0) is 31.9. The highest BCUT2D eigenvalue weighted by Gasteiger charge is 2.18. The van der Waals surface area contributed by atoms with Crippen molar-refractivity contribution in [3.8, 4) is 28.7 Å². The molecule has 0 aliphatic carbocycles. The summed E-state index contributed by atoms with van der Waals surface area (Å²) in [5.74, 6) is 2.63. The van der Waals surface area contributed by atoms with Gasteiger partial charge in [-0.1, -0.05) is 17.7 Å². The summed E-state index contributed by atoms with van der Waals surface area (Å²) < 4.78 is 42.9. The van der Waals surface area contributed by atoms with Crippen molar-refractivity contribution in [2.24, 2.45) is 0 Å². The predicted molar refractivity (Wildman–Crippen MR) is 168 cm³/mol. The highest BCUT2D eigenvalue weighted by Crippen LogP contribution is 2.27. The number of aromatic nitrogens is 3. The molecule has 0 spiro atoms. The predicted octanol–water partition coefficient (Wildman–Crippen LogP) is 5.54. The number of methoxy groups -OCH3 is 4. The Morgan fingerprint density at radius 1 is 0.822 bits per heavy atom. The Labute approximate surface area is 264 Å². The number of hydrogen-bond donors (Lipinski definition) is 1. The Balaban J connectivity index is 1.50. The second kappa shape index (κ2) is 14.3. The summed E-state index contributed by atoms with van der Waals surface area (Å²) in [5, 5.41) is 3.68. The highest BCUT2D eigenvalue weighted by molar-refractivity contribution is 6.30. The molecule has 5 rings (SSSR count). The number of benzene rings is 3. The third kappa shape index (κ3) is 7.11. The van der Waals surface area contributed by atoms with Gasteiger partial charge in [0.05, 0.1) is 51.1 Å². The van der Waals surface area contributed by atoms with E-state index in [0.717, 1.165) is 11.1 Å². The van der Waals surface area contributed by atoms with Gasteiger partial charge in [-0.25, -0.2) is 9.37 Å². The normalized spacial score (nSPS) is 11.0. The summed E-state index contributed by atoms with van der Waals surface area (Å²) in [5.41, 5.74) is 2.39. The van der Waals surface area contributed by atoms with E-state index < -0.39 is 5.82 Å². The molecule has 1 N–H and O–H groups in total. The van der Waals surface area contributed by atoms with Gasteiger partial charge in [0, 0.05) is 48.6 Å². The molecule has 0 radical (unpaired) electrons. The maximum absolute atomic E-state index is 14.0. The van der Waals surface area contributed by atoms with E-state index in [1.807, 2.05) is 24.3 Å². The zero-order valence-electron chi connectivity index (χ0n) is 25.2. The van der Waals surface area contributed by atoms with Crippen LogP contribution in [0.15, 0.2) is 71.7 Å². The number of ether oxygens (including phenoxy) is 5. The first-order chi connectivity index (χ1) is 21.8. The fraction of sp³-hybridized carbons (Fsp3) is 0.242. The molecule has 0 aliphatic heterocycles. The number of nitrogens with one attached hydrogen (secondary N) is 1. The van der Waals surface area contributed by atoms with Crippen molar-refractivity contribution in [1.82, 2.24) is 19.9 Å². The SMILES string of the molecule is COc1ccc(CNCc2nccc3c(=O)n(Cc4ccc(OC)cc4OC)c(COc4ccc(F)c(Cl)c4)nc23)c(OC)c1. The van der Waals surface area contributed by atoms with E-state index in [0.29, 0.717) is 64.3 Å². The average Bonchev–Trinajstić information content (AvgIpc) is 3.07. The molecule has 0 unspecified atom stereocenters. The van der Waals surface area contributed by atoms with Gasteiger partial charge in [0.1, 0.15) is 46.7 Å². The molecule has 10 nitrogen and oxygen atoms in total. The number of pyridine rings is 1. The summed E-state index contributed by atoms with van der Waals surface area (Å²) in [6, 6.07) is 16.7. The molecular weight excluding hydrogens is 603 g/mol. The first-order valence-electron chi connectivity index (χ1n) is 13.9. The van der Waals surface area contributed by atoms with Crippen LogP contribution in [0.4, 0.5) is 4.39 Å². The molecule has 45 heavy (non-hydrogen) atoms. The van der Waals surface area contributed by atoms with Gasteiger partial charge in [-0.3, -0.25) is 14.3 Å². The van der Waals surface area contributed by atoms with E-state index in [1.54, 1.807) is 52.8 Å². The molecule has 0 saturated carbocycles. The second-order valence-corrected chi connectivity index (χ2v) is 10.3. The van der Waals surface area contributed by atoms with Crippen LogP contribution in [0.25, 0.3) is 10.9 Å². The van der Waals surface area contributed by atoms with Crippen molar-refractivity contribution >= 4 is 22.5 Å². The number of nitrogens with zero attached hydrogens (tertiary/aromatic N) is 3. The van der Waals surface area contributed by atoms with Gasteiger partial charge in [0.25, 0.3) is 5.56 Å². The molecule has 0 atom stereocenters. The molecule has 0 aliphatic rings. The summed E-state index contributed by atoms with van der Waals surface area (Å²) in [7, 11) is 6.32. The van der Waals surface area contributed by atoms with Crippen LogP contribution in [0.3, 0.4) is 0 Å². The van der Waals surface area contributed by atoms with Crippen LogP contribution >= 0.6 is 11.6 Å². The van der Waals surface area contributed by atoms with E-state index >= 15 is 0 Å². The Morgan fingerprint density at radius 2 is 1.49 bits per heavy atom. The number of rotatable bonds is 13. The molecule has 0 fully saturated rings. The van der Waals surface area contributed by atoms with Crippen LogP contribution in [0, 0.1) is 5.82 Å². The fourth-order valence-electron chi connectivity index (χ4n) is 4.83. The summed E-state index contributed by atoms with van der Waals surface area (Å²) >= 11 is 5.96. The molecule has 12 heteroatoms. The van der Waals surface area contributed by atoms with Crippen molar-refractivity contribution < 1.29 is 28.1 Å². The van der Waals surface area contributed by atoms with E-state index in [-0.39, 0.29) is 23.7 Å². The van der Waals surface area contributed by atoms with Gasteiger partial charge in [0.2, 0.25) is 0 Å². The van der Waals surface area contributed by atoms with Crippen molar-refractivity contribution in [2.75, 3.05) is 28.4 Å². The van der Waals surface area contributed by atoms with Gasteiger partial charge in [-0.2, -0.15) is 0 Å². The molecule has 234 valence electrons. The zero-order valence-corrected chi connectivity index (χ0v) is 26.0. The monoisotopic (exact) mass is 634 g/mol. The molecule has 2 aromatic heterocycles. The molecule has 3 aromatic carbocycles. The van der Waals surface area contributed by atoms with Crippen LogP contribution in [0.1, 0.15) is 22.6 Å². The minimum absolute atomic E-state index is 0.0784. The first kappa shape index (κ1) is 31.6. The Hall–Kier alpha value is -4.87. The van der Waals surface area contributed by atoms with Crippen LogP contribution in [0.5, 0.6) is 28.7 Å². The van der Waals surface area contributed by atoms with Gasteiger partial charge < -0.3 is 29.0 Å². The van der Waals surface area contributed by atoms with Gasteiger partial charge >= 0.3 is 0 Å². The maximum atomic E-state index is 14.0. The topological polar surface area (TPSA) is 106 Å². The second-order valence-electron chi connectivity index (χ2n) is 9.90. The lowest BCUT2D eigenvalue weighted by molar-refractivity contribution is 0.287. The Kier molecular flexibility index (Phi) is 10.0. The quantitative estimate of drug-likeness (QED) is 0.179. The Bertz CT molecular complexity index is 1880. The van der Waals surface area contributed by atoms with E-state index in [9.17, 15) is 9.18 Å². The van der Waals surface area contributed by atoms with E-state index in [4.69, 9.17) is 40.3 Å². The largest absolute Gasteiger partial charge is 0.497 e. The minimum atomic E-state index is -0.563. The summed E-state index contributed by atoms with van der Waals surface area (Å²) in [6.07, 6.45) is 1.59. The van der Waals surface area contributed by atoms with Crippen LogP contribution in [-0.4, -0.2) is 43.0 Å². The van der Waals surface area contributed by atoms with Crippen molar-refractivity contribution in [3.05, 3.63) is 111 Å². The van der Waals surface area contributed by atoms with Gasteiger partial charge in [-0.15, -0.1) is 0 Å². The van der Waals surface area contributed by atoms with Crippen molar-refractivity contribution in [1.29, 1.82) is 0 Å². The Morgan fingerprint density at radius 3 is 2.16 bits per heavy atom. The van der Waals surface area contributed by atoms with Crippen LogP contribution in [0.2, 0.25) is 5.02 Å². The lowest BCUT2D eigenvalue weighted by Crippen LogP contribution is -2.28. The lowest BCUT2D eigenvalue weighted by atomic mass is 10.1. The number of halogens is 2. The molecular formula is C33H32ClFN4O6. The molecule has 2 heterocycles. The van der Waals surface area contributed by atoms with E-state index in [1.165, 1.54) is 22.8 Å². The van der Waals surface area contributed by atoms with Gasteiger partial charge in [0.15, 0.2) is 5.82 Å². The fourth-order valence-corrected chi connectivity index (χ4v) is 5.00. The summed E-state index contributed by atoms with van der Waals surface area (Å²) in [4.78, 5) is 23.4. The van der Waals surface area contributed by atoms with Gasteiger partial charge in [-0.05, 0) is 36.4 Å². The molecule has 0 saturated heterocycles. The smallest absolute Gasteiger partial charge is 0.261 e. The molecule has 5 aromatic rings. The van der Waals surface area contributed by atoms with Crippen molar-refractivity contribution in [3.63, 3.8) is 0 Å². The summed E-state index contributed by atoms with van der Waals surface area (Å²) in [6.45, 7) is 0.839. The van der Waals surface area contributed by atoms with E-state index in [2.05, 4.69) is 10.3 Å². The molecule has 0 amide bonds.